The quantitative estimate of drug-likeness (QED) is 0.457. The first-order valence-electron chi connectivity index (χ1n) is 11.5. The van der Waals surface area contributed by atoms with E-state index in [2.05, 4.69) is 20.8 Å². The number of hydrogen-bond donors (Lipinski definition) is 0. The zero-order valence-corrected chi connectivity index (χ0v) is 19.5. The summed E-state index contributed by atoms with van der Waals surface area (Å²) >= 11 is 0. The Morgan fingerprint density at radius 3 is 2.44 bits per heavy atom. The second kappa shape index (κ2) is 8.53. The minimum absolute atomic E-state index is 0.122. The molecule has 2 aliphatic rings. The average Bonchev–Trinajstić information content (AvgIpc) is 2.99. The van der Waals surface area contributed by atoms with Gasteiger partial charge in [0, 0.05) is 0 Å². The molecule has 0 spiro atoms. The zero-order valence-electron chi connectivity index (χ0n) is 19.5. The lowest BCUT2D eigenvalue weighted by atomic mass is 9.75. The highest BCUT2D eigenvalue weighted by atomic mass is 16.5. The van der Waals surface area contributed by atoms with Crippen LogP contribution in [0.5, 0.6) is 0 Å². The van der Waals surface area contributed by atoms with E-state index in [9.17, 15) is 14.4 Å². The lowest BCUT2D eigenvalue weighted by Gasteiger charge is -2.36. The Morgan fingerprint density at radius 1 is 1.00 bits per heavy atom. The third-order valence-corrected chi connectivity index (χ3v) is 6.95. The fourth-order valence-corrected chi connectivity index (χ4v) is 5.00. The fourth-order valence-electron chi connectivity index (χ4n) is 5.00. The van der Waals surface area contributed by atoms with E-state index in [4.69, 9.17) is 4.74 Å². The average molecular weight is 434 g/mol. The SMILES string of the molecule is Cc1ccc(C)c(N2C(=O)c3ccc(C(=O)O[C@@H]4C[C@@H](C)CC[C@@H]4C(C)C)cc3C2=O)c1. The third-order valence-electron chi connectivity index (χ3n) is 6.95. The molecular weight excluding hydrogens is 402 g/mol. The van der Waals surface area contributed by atoms with Crippen LogP contribution in [0.4, 0.5) is 5.69 Å². The molecule has 168 valence electrons. The maximum absolute atomic E-state index is 13.2. The van der Waals surface area contributed by atoms with Gasteiger partial charge in [0.25, 0.3) is 11.8 Å². The van der Waals surface area contributed by atoms with Crippen molar-refractivity contribution in [1.29, 1.82) is 0 Å². The molecule has 0 unspecified atom stereocenters. The Balaban J connectivity index is 1.60. The monoisotopic (exact) mass is 433 g/mol. The van der Waals surface area contributed by atoms with Gasteiger partial charge in [-0.15, -0.1) is 0 Å². The number of rotatable bonds is 4. The summed E-state index contributed by atoms with van der Waals surface area (Å²) in [5.41, 5.74) is 3.27. The molecule has 1 heterocycles. The Hall–Kier alpha value is -2.95. The van der Waals surface area contributed by atoms with Gasteiger partial charge in [0.1, 0.15) is 6.10 Å². The molecule has 1 aliphatic heterocycles. The van der Waals surface area contributed by atoms with Crippen molar-refractivity contribution >= 4 is 23.5 Å². The molecule has 1 aliphatic carbocycles. The fraction of sp³-hybridized carbons (Fsp3) is 0.444. The number of esters is 1. The number of aryl methyl sites for hydroxylation is 2. The van der Waals surface area contributed by atoms with Crippen LogP contribution in [-0.4, -0.2) is 23.9 Å². The van der Waals surface area contributed by atoms with Crippen LogP contribution in [0, 0.1) is 31.6 Å². The highest BCUT2D eigenvalue weighted by molar-refractivity contribution is 6.35. The van der Waals surface area contributed by atoms with Crippen molar-refractivity contribution in [3.63, 3.8) is 0 Å². The number of hydrogen-bond acceptors (Lipinski definition) is 4. The molecule has 2 aromatic rings. The first-order valence-corrected chi connectivity index (χ1v) is 11.5. The van der Waals surface area contributed by atoms with Crippen LogP contribution in [-0.2, 0) is 4.74 Å². The van der Waals surface area contributed by atoms with Crippen molar-refractivity contribution in [1.82, 2.24) is 0 Å². The molecule has 0 saturated heterocycles. The molecular formula is C27H31NO4. The van der Waals surface area contributed by atoms with Gasteiger partial charge >= 0.3 is 5.97 Å². The van der Waals surface area contributed by atoms with Crippen molar-refractivity contribution in [3.05, 3.63) is 64.2 Å². The standard InChI is InChI=1S/C27H31NO4/c1-15(2)20-10-7-17(4)13-24(20)32-27(31)19-9-11-21-22(14-19)26(30)28(25(21)29)23-12-16(3)6-8-18(23)5/h6,8-9,11-12,14-15,17,20,24H,7,10,13H2,1-5H3/t17-,20+,24+/m0/s1. The van der Waals surface area contributed by atoms with E-state index in [1.54, 1.807) is 12.1 Å². The lowest BCUT2D eigenvalue weighted by Crippen LogP contribution is -2.35. The number of ether oxygens (including phenoxy) is 1. The highest BCUT2D eigenvalue weighted by Gasteiger charge is 2.39. The van der Waals surface area contributed by atoms with Gasteiger partial charge < -0.3 is 4.74 Å². The predicted octanol–water partition coefficient (Wildman–Crippen LogP) is 5.72. The van der Waals surface area contributed by atoms with Gasteiger partial charge in [-0.3, -0.25) is 9.59 Å². The molecule has 0 aromatic heterocycles. The van der Waals surface area contributed by atoms with Crippen LogP contribution in [0.25, 0.3) is 0 Å². The first-order chi connectivity index (χ1) is 15.2. The number of nitrogens with zero attached hydrogens (tertiary/aromatic N) is 1. The number of amides is 2. The van der Waals surface area contributed by atoms with Gasteiger partial charge in [-0.1, -0.05) is 39.3 Å². The number of imide groups is 1. The minimum Gasteiger partial charge on any atom is -0.458 e. The number of fused-ring (bicyclic) bond motifs is 1. The van der Waals surface area contributed by atoms with Crippen LogP contribution >= 0.6 is 0 Å². The topological polar surface area (TPSA) is 63.7 Å². The molecule has 0 radical (unpaired) electrons. The Morgan fingerprint density at radius 2 is 1.72 bits per heavy atom. The van der Waals surface area contributed by atoms with Crippen LogP contribution in [0.15, 0.2) is 36.4 Å². The Labute approximate surface area is 189 Å². The van der Waals surface area contributed by atoms with Crippen molar-refractivity contribution in [3.8, 4) is 0 Å². The molecule has 0 N–H and O–H groups in total. The number of benzene rings is 2. The van der Waals surface area contributed by atoms with Gasteiger partial charge in [-0.2, -0.15) is 0 Å². The van der Waals surface area contributed by atoms with Crippen molar-refractivity contribution in [2.75, 3.05) is 4.90 Å². The maximum Gasteiger partial charge on any atom is 0.338 e. The summed E-state index contributed by atoms with van der Waals surface area (Å²) in [6, 6.07) is 10.4. The zero-order chi connectivity index (χ0) is 23.2. The molecule has 32 heavy (non-hydrogen) atoms. The van der Waals surface area contributed by atoms with Crippen LogP contribution in [0.2, 0.25) is 0 Å². The summed E-state index contributed by atoms with van der Waals surface area (Å²) in [5.74, 6) is 0.105. The van der Waals surface area contributed by atoms with Crippen LogP contribution in [0.3, 0.4) is 0 Å². The summed E-state index contributed by atoms with van der Waals surface area (Å²) < 4.78 is 5.94. The highest BCUT2D eigenvalue weighted by Crippen LogP contribution is 2.36. The largest absolute Gasteiger partial charge is 0.458 e. The molecule has 2 amide bonds. The third kappa shape index (κ3) is 3.96. The van der Waals surface area contributed by atoms with Gasteiger partial charge in [0.2, 0.25) is 0 Å². The van der Waals surface area contributed by atoms with E-state index >= 15 is 0 Å². The normalized spacial score (nSPS) is 22.9. The molecule has 4 rings (SSSR count). The molecule has 5 heteroatoms. The second-order valence-electron chi connectivity index (χ2n) is 9.77. The Kier molecular flexibility index (Phi) is 5.93. The molecule has 3 atom stereocenters. The van der Waals surface area contributed by atoms with Gasteiger partial charge in [0.15, 0.2) is 0 Å². The molecule has 1 fully saturated rings. The number of carbonyl (C=O) groups is 3. The van der Waals surface area contributed by atoms with Crippen molar-refractivity contribution in [2.45, 2.75) is 60.0 Å². The van der Waals surface area contributed by atoms with Gasteiger partial charge in [-0.05, 0) is 79.8 Å². The first kappa shape index (κ1) is 22.3. The predicted molar refractivity (Wildman–Crippen MR) is 124 cm³/mol. The molecule has 5 nitrogen and oxygen atoms in total. The summed E-state index contributed by atoms with van der Waals surface area (Å²) in [4.78, 5) is 40.4. The summed E-state index contributed by atoms with van der Waals surface area (Å²) in [5, 5.41) is 0. The van der Waals surface area contributed by atoms with E-state index in [0.717, 1.165) is 30.4 Å². The number of carbonyl (C=O) groups excluding carboxylic acids is 3. The van der Waals surface area contributed by atoms with Crippen LogP contribution < -0.4 is 4.90 Å². The van der Waals surface area contributed by atoms with E-state index in [-0.39, 0.29) is 17.6 Å². The van der Waals surface area contributed by atoms with E-state index in [1.165, 1.54) is 11.0 Å². The van der Waals surface area contributed by atoms with E-state index < -0.39 is 11.9 Å². The van der Waals surface area contributed by atoms with Gasteiger partial charge in [-0.25, -0.2) is 9.69 Å². The van der Waals surface area contributed by atoms with E-state index in [0.29, 0.717) is 34.6 Å². The maximum atomic E-state index is 13.2. The van der Waals surface area contributed by atoms with Gasteiger partial charge in [0.05, 0.1) is 22.4 Å². The summed E-state index contributed by atoms with van der Waals surface area (Å²) in [6.07, 6.45) is 2.94. The van der Waals surface area contributed by atoms with Crippen LogP contribution in [0.1, 0.15) is 82.2 Å². The Bertz CT molecular complexity index is 1090. The van der Waals surface area contributed by atoms with Crippen molar-refractivity contribution < 1.29 is 19.1 Å². The molecule has 2 aromatic carbocycles. The summed E-state index contributed by atoms with van der Waals surface area (Å²) in [7, 11) is 0. The van der Waals surface area contributed by atoms with E-state index in [1.807, 2.05) is 32.0 Å². The molecule has 0 bridgehead atoms. The number of anilines is 1. The molecule has 1 saturated carbocycles. The second-order valence-corrected chi connectivity index (χ2v) is 9.77. The smallest absolute Gasteiger partial charge is 0.338 e. The summed E-state index contributed by atoms with van der Waals surface area (Å²) in [6.45, 7) is 10.3. The lowest BCUT2D eigenvalue weighted by molar-refractivity contribution is -0.0174. The van der Waals surface area contributed by atoms with Crippen molar-refractivity contribution in [2.24, 2.45) is 17.8 Å². The minimum atomic E-state index is -0.428.